The van der Waals surface area contributed by atoms with E-state index in [0.717, 1.165) is 17.7 Å². The molecule has 0 heterocycles. The van der Waals surface area contributed by atoms with Crippen LogP contribution in [0, 0.1) is 0 Å². The molecule has 0 radical (unpaired) electrons. The molecule has 2 nitrogen and oxygen atoms in total. The van der Waals surface area contributed by atoms with Gasteiger partial charge in [-0.05, 0) is 48.4 Å². The number of hydrogen-bond acceptors (Lipinski definition) is 2. The highest BCUT2D eigenvalue weighted by molar-refractivity contribution is 7.97. The number of benzene rings is 2. The Balaban J connectivity index is 2.00. The maximum Gasteiger partial charge on any atom is 0.251 e. The van der Waals surface area contributed by atoms with Gasteiger partial charge in [-0.15, -0.1) is 0 Å². The number of carbonyl (C=O) groups is 1. The van der Waals surface area contributed by atoms with Crippen molar-refractivity contribution in [3.8, 4) is 0 Å². The average Bonchev–Trinajstić information content (AvgIpc) is 2.55. The van der Waals surface area contributed by atoms with Crippen molar-refractivity contribution in [2.45, 2.75) is 32.1 Å². The molecular formula is C19H23NOS. The van der Waals surface area contributed by atoms with Crippen molar-refractivity contribution in [1.29, 1.82) is 0 Å². The molecule has 2 aromatic carbocycles. The standard InChI is InChI=1S/C19H23NOS/c1-4-15-5-9-17(10-6-15)14(2)20-19(21)18-11-7-16(8-12-18)13-22-3/h5-12,14H,4,13H2,1-3H3,(H,20,21). The van der Waals surface area contributed by atoms with Crippen LogP contribution in [0.2, 0.25) is 0 Å². The number of thioether (sulfide) groups is 1. The van der Waals surface area contributed by atoms with Gasteiger partial charge in [0.15, 0.2) is 0 Å². The van der Waals surface area contributed by atoms with E-state index in [1.807, 2.05) is 31.2 Å². The van der Waals surface area contributed by atoms with E-state index in [-0.39, 0.29) is 11.9 Å². The first-order valence-corrected chi connectivity index (χ1v) is 9.01. The second kappa shape index (κ2) is 8.04. The monoisotopic (exact) mass is 313 g/mol. The van der Waals surface area contributed by atoms with E-state index in [9.17, 15) is 4.79 Å². The molecule has 0 aliphatic rings. The quantitative estimate of drug-likeness (QED) is 0.844. The Labute approximate surface area is 137 Å². The first-order chi connectivity index (χ1) is 10.6. The van der Waals surface area contributed by atoms with Crippen molar-refractivity contribution in [1.82, 2.24) is 5.32 Å². The van der Waals surface area contributed by atoms with Crippen LogP contribution >= 0.6 is 11.8 Å². The molecule has 1 atom stereocenters. The minimum Gasteiger partial charge on any atom is -0.346 e. The Morgan fingerprint density at radius 1 is 1.05 bits per heavy atom. The van der Waals surface area contributed by atoms with Gasteiger partial charge in [0.1, 0.15) is 0 Å². The van der Waals surface area contributed by atoms with Crippen molar-refractivity contribution in [3.63, 3.8) is 0 Å². The number of amides is 1. The van der Waals surface area contributed by atoms with Gasteiger partial charge in [0.05, 0.1) is 6.04 Å². The fourth-order valence-corrected chi connectivity index (χ4v) is 2.85. The molecule has 2 rings (SSSR count). The summed E-state index contributed by atoms with van der Waals surface area (Å²) in [5, 5.41) is 3.06. The van der Waals surface area contributed by atoms with Crippen LogP contribution < -0.4 is 5.32 Å². The summed E-state index contributed by atoms with van der Waals surface area (Å²) >= 11 is 1.78. The van der Waals surface area contributed by atoms with Gasteiger partial charge in [-0.1, -0.05) is 43.3 Å². The van der Waals surface area contributed by atoms with Crippen molar-refractivity contribution in [3.05, 3.63) is 70.8 Å². The Kier molecular flexibility index (Phi) is 6.08. The third-order valence-electron chi connectivity index (χ3n) is 3.76. The first kappa shape index (κ1) is 16.6. The van der Waals surface area contributed by atoms with Crippen LogP contribution in [0.15, 0.2) is 48.5 Å². The second-order valence-electron chi connectivity index (χ2n) is 5.42. The van der Waals surface area contributed by atoms with Gasteiger partial charge in [0, 0.05) is 11.3 Å². The summed E-state index contributed by atoms with van der Waals surface area (Å²) in [6, 6.07) is 16.3. The van der Waals surface area contributed by atoms with E-state index in [4.69, 9.17) is 0 Å². The highest BCUT2D eigenvalue weighted by Crippen LogP contribution is 2.15. The van der Waals surface area contributed by atoms with E-state index in [2.05, 4.69) is 42.8 Å². The highest BCUT2D eigenvalue weighted by Gasteiger charge is 2.11. The number of rotatable bonds is 6. The maximum atomic E-state index is 12.3. The number of carbonyl (C=O) groups excluding carboxylic acids is 1. The van der Waals surface area contributed by atoms with Crippen LogP contribution in [-0.4, -0.2) is 12.2 Å². The zero-order chi connectivity index (χ0) is 15.9. The molecule has 22 heavy (non-hydrogen) atoms. The molecule has 0 aromatic heterocycles. The van der Waals surface area contributed by atoms with Gasteiger partial charge in [0.2, 0.25) is 0 Å². The van der Waals surface area contributed by atoms with E-state index in [1.165, 1.54) is 11.1 Å². The zero-order valence-electron chi connectivity index (χ0n) is 13.4. The number of hydrogen-bond donors (Lipinski definition) is 1. The average molecular weight is 313 g/mol. The minimum absolute atomic E-state index is 0.00396. The lowest BCUT2D eigenvalue weighted by Gasteiger charge is -2.15. The summed E-state index contributed by atoms with van der Waals surface area (Å²) in [5.74, 6) is 0.949. The van der Waals surface area contributed by atoms with E-state index in [0.29, 0.717) is 5.56 Å². The molecule has 116 valence electrons. The SMILES string of the molecule is CCc1ccc(C(C)NC(=O)c2ccc(CSC)cc2)cc1. The molecule has 1 N–H and O–H groups in total. The summed E-state index contributed by atoms with van der Waals surface area (Å²) < 4.78 is 0. The predicted molar refractivity (Wildman–Crippen MR) is 95.4 cm³/mol. The number of aryl methyl sites for hydroxylation is 1. The summed E-state index contributed by atoms with van der Waals surface area (Å²) in [6.07, 6.45) is 3.11. The van der Waals surface area contributed by atoms with Crippen molar-refractivity contribution in [2.75, 3.05) is 6.26 Å². The molecule has 0 fully saturated rings. The molecule has 0 saturated carbocycles. The lowest BCUT2D eigenvalue weighted by atomic mass is 10.0. The summed E-state index contributed by atoms with van der Waals surface area (Å²) in [4.78, 5) is 12.3. The van der Waals surface area contributed by atoms with Gasteiger partial charge >= 0.3 is 0 Å². The summed E-state index contributed by atoms with van der Waals surface area (Å²) in [7, 11) is 0. The van der Waals surface area contributed by atoms with Crippen molar-refractivity contribution in [2.24, 2.45) is 0 Å². The Morgan fingerprint density at radius 3 is 2.18 bits per heavy atom. The Morgan fingerprint density at radius 2 is 1.64 bits per heavy atom. The van der Waals surface area contributed by atoms with Crippen molar-refractivity contribution >= 4 is 17.7 Å². The van der Waals surface area contributed by atoms with Crippen LogP contribution in [0.25, 0.3) is 0 Å². The fourth-order valence-electron chi connectivity index (χ4n) is 2.32. The fraction of sp³-hybridized carbons (Fsp3) is 0.316. The van der Waals surface area contributed by atoms with Crippen molar-refractivity contribution < 1.29 is 4.79 Å². The van der Waals surface area contributed by atoms with Gasteiger partial charge in [-0.2, -0.15) is 11.8 Å². The lowest BCUT2D eigenvalue weighted by Crippen LogP contribution is -2.26. The molecular weight excluding hydrogens is 290 g/mol. The molecule has 0 saturated heterocycles. The molecule has 2 aromatic rings. The van der Waals surface area contributed by atoms with Crippen LogP contribution in [0.3, 0.4) is 0 Å². The van der Waals surface area contributed by atoms with Gasteiger partial charge in [-0.3, -0.25) is 4.79 Å². The van der Waals surface area contributed by atoms with E-state index < -0.39 is 0 Å². The Bertz CT molecular complexity index is 604. The maximum absolute atomic E-state index is 12.3. The smallest absolute Gasteiger partial charge is 0.251 e. The third kappa shape index (κ3) is 4.38. The topological polar surface area (TPSA) is 29.1 Å². The second-order valence-corrected chi connectivity index (χ2v) is 6.29. The van der Waals surface area contributed by atoms with Gasteiger partial charge < -0.3 is 5.32 Å². The lowest BCUT2D eigenvalue weighted by molar-refractivity contribution is 0.0940. The van der Waals surface area contributed by atoms with Crippen LogP contribution in [0.1, 0.15) is 46.9 Å². The normalized spacial score (nSPS) is 12.0. The molecule has 1 amide bonds. The molecule has 0 bridgehead atoms. The molecule has 1 unspecified atom stereocenters. The van der Waals surface area contributed by atoms with Crippen LogP contribution in [-0.2, 0) is 12.2 Å². The first-order valence-electron chi connectivity index (χ1n) is 7.61. The highest BCUT2D eigenvalue weighted by atomic mass is 32.2. The molecule has 0 aliphatic heterocycles. The summed E-state index contributed by atoms with van der Waals surface area (Å²) in [6.45, 7) is 4.15. The third-order valence-corrected chi connectivity index (χ3v) is 4.38. The van der Waals surface area contributed by atoms with Gasteiger partial charge in [-0.25, -0.2) is 0 Å². The zero-order valence-corrected chi connectivity index (χ0v) is 14.2. The molecule has 0 spiro atoms. The summed E-state index contributed by atoms with van der Waals surface area (Å²) in [5.41, 5.74) is 4.39. The Hall–Kier alpha value is -1.74. The van der Waals surface area contributed by atoms with Crippen LogP contribution in [0.5, 0.6) is 0 Å². The minimum atomic E-state index is -0.0252. The van der Waals surface area contributed by atoms with E-state index in [1.54, 1.807) is 11.8 Å². The van der Waals surface area contributed by atoms with Crippen LogP contribution in [0.4, 0.5) is 0 Å². The van der Waals surface area contributed by atoms with E-state index >= 15 is 0 Å². The molecule has 3 heteroatoms. The van der Waals surface area contributed by atoms with Gasteiger partial charge in [0.25, 0.3) is 5.91 Å². The molecule has 0 aliphatic carbocycles. The predicted octanol–water partition coefficient (Wildman–Crippen LogP) is 4.60. The number of nitrogens with one attached hydrogen (secondary N) is 1. The largest absolute Gasteiger partial charge is 0.346 e.